The van der Waals surface area contributed by atoms with Crippen LogP contribution in [0.2, 0.25) is 5.02 Å². The van der Waals surface area contributed by atoms with E-state index in [9.17, 15) is 9.59 Å². The van der Waals surface area contributed by atoms with Gasteiger partial charge < -0.3 is 30.1 Å². The number of nitrogens with zero attached hydrogens (tertiary/aromatic N) is 4. The maximum atomic E-state index is 12.6. The smallest absolute Gasteiger partial charge is 0.410 e. The van der Waals surface area contributed by atoms with Crippen molar-refractivity contribution in [2.45, 2.75) is 19.1 Å². The lowest BCUT2D eigenvalue weighted by Gasteiger charge is -2.60. The monoisotopic (exact) mass is 497 g/mol. The number of fused-ring (bicyclic) bond motifs is 1. The van der Waals surface area contributed by atoms with Gasteiger partial charge in [-0.15, -0.1) is 0 Å². The standard InChI is InChI=1S/C26H32ClN5O3/c1-29-22-8-7-20(27)13-23(22)31(10-9-21(28)24(29)33)12-11-30-15-26(16-30)17-32(18-26)25(34)35-14-19-5-3-2-4-6-19/h2-8,13,21H,9-12,14-18,28H2,1H3/t21-/m0/s1. The topological polar surface area (TPSA) is 82.4 Å². The maximum absolute atomic E-state index is 12.6. The van der Waals surface area contributed by atoms with Crippen molar-refractivity contribution in [3.8, 4) is 0 Å². The first-order chi connectivity index (χ1) is 16.8. The van der Waals surface area contributed by atoms with Crippen molar-refractivity contribution in [1.82, 2.24) is 9.80 Å². The Hall–Kier alpha value is -2.81. The Bertz CT molecular complexity index is 1080. The number of amides is 2. The van der Waals surface area contributed by atoms with Crippen molar-refractivity contribution < 1.29 is 14.3 Å². The average molecular weight is 498 g/mol. The quantitative estimate of drug-likeness (QED) is 0.684. The summed E-state index contributed by atoms with van der Waals surface area (Å²) in [6.45, 7) is 6.19. The van der Waals surface area contributed by atoms with Gasteiger partial charge >= 0.3 is 6.09 Å². The Labute approximate surface area is 211 Å². The molecular weight excluding hydrogens is 466 g/mol. The van der Waals surface area contributed by atoms with E-state index in [1.54, 1.807) is 16.8 Å². The summed E-state index contributed by atoms with van der Waals surface area (Å²) in [5, 5.41) is 0.649. The third kappa shape index (κ3) is 4.96. The highest BCUT2D eigenvalue weighted by atomic mass is 35.5. The van der Waals surface area contributed by atoms with Crippen LogP contribution in [-0.4, -0.2) is 80.7 Å². The number of carbonyl (C=O) groups is 2. The van der Waals surface area contributed by atoms with E-state index < -0.39 is 6.04 Å². The van der Waals surface area contributed by atoms with Crippen molar-refractivity contribution >= 4 is 35.0 Å². The van der Waals surface area contributed by atoms with Gasteiger partial charge in [-0.25, -0.2) is 4.79 Å². The third-order valence-electron chi connectivity index (χ3n) is 7.32. The van der Waals surface area contributed by atoms with Crippen molar-refractivity contribution in [2.24, 2.45) is 11.1 Å². The summed E-state index contributed by atoms with van der Waals surface area (Å²) in [4.78, 5) is 33.1. The van der Waals surface area contributed by atoms with E-state index in [2.05, 4.69) is 9.80 Å². The van der Waals surface area contributed by atoms with Crippen molar-refractivity contribution in [3.63, 3.8) is 0 Å². The van der Waals surface area contributed by atoms with E-state index in [4.69, 9.17) is 22.1 Å². The molecule has 2 aromatic carbocycles. The van der Waals surface area contributed by atoms with Crippen LogP contribution in [0.4, 0.5) is 16.2 Å². The van der Waals surface area contributed by atoms with Crippen molar-refractivity contribution in [2.75, 3.05) is 62.7 Å². The SMILES string of the molecule is CN1C(=O)[C@@H](N)CCN(CCN2CC3(C2)CN(C(=O)OCc2ccccc2)C3)c2cc(Cl)ccc21. The minimum Gasteiger partial charge on any atom is -0.445 e. The van der Waals surface area contributed by atoms with Crippen molar-refractivity contribution in [3.05, 3.63) is 59.1 Å². The fourth-order valence-electron chi connectivity index (χ4n) is 5.40. The molecule has 1 spiro atoms. The van der Waals surface area contributed by atoms with Crippen LogP contribution in [-0.2, 0) is 16.1 Å². The zero-order valence-electron chi connectivity index (χ0n) is 20.0. The van der Waals surface area contributed by atoms with E-state index in [0.29, 0.717) is 24.6 Å². The molecule has 3 aliphatic heterocycles. The van der Waals surface area contributed by atoms with E-state index in [0.717, 1.165) is 56.2 Å². The van der Waals surface area contributed by atoms with Gasteiger partial charge in [0.2, 0.25) is 5.91 Å². The third-order valence-corrected chi connectivity index (χ3v) is 7.55. The molecule has 9 heteroatoms. The molecule has 2 saturated heterocycles. The Balaban J connectivity index is 1.11. The number of nitrogens with two attached hydrogens (primary N) is 1. The van der Waals surface area contributed by atoms with E-state index in [-0.39, 0.29) is 17.4 Å². The molecule has 2 amide bonds. The molecule has 0 aliphatic carbocycles. The summed E-state index contributed by atoms with van der Waals surface area (Å²) in [6.07, 6.45) is 0.362. The maximum Gasteiger partial charge on any atom is 0.410 e. The number of ether oxygens (including phenoxy) is 1. The number of anilines is 2. The lowest BCUT2D eigenvalue weighted by molar-refractivity contribution is -0.119. The van der Waals surface area contributed by atoms with Gasteiger partial charge in [0.1, 0.15) is 6.61 Å². The van der Waals surface area contributed by atoms with Crippen LogP contribution in [0.3, 0.4) is 0 Å². The summed E-state index contributed by atoms with van der Waals surface area (Å²) in [5.41, 5.74) is 9.12. The molecule has 5 rings (SSSR count). The second-order valence-electron chi connectivity index (χ2n) is 10.0. The van der Waals surface area contributed by atoms with Crippen LogP contribution in [0.5, 0.6) is 0 Å². The lowest BCUT2D eigenvalue weighted by Crippen LogP contribution is -2.73. The zero-order valence-corrected chi connectivity index (χ0v) is 20.8. The van der Waals surface area contributed by atoms with Crippen LogP contribution >= 0.6 is 11.6 Å². The number of rotatable bonds is 5. The molecule has 3 heterocycles. The number of likely N-dealkylation sites (N-methyl/N-ethyl adjacent to an activating group) is 1. The molecule has 0 radical (unpaired) electrons. The summed E-state index contributed by atoms with van der Waals surface area (Å²) >= 11 is 6.30. The average Bonchev–Trinajstić information content (AvgIpc) is 2.81. The number of hydrogen-bond donors (Lipinski definition) is 1. The molecule has 2 N–H and O–H groups in total. The molecule has 0 saturated carbocycles. The van der Waals surface area contributed by atoms with E-state index in [1.165, 1.54) is 0 Å². The van der Waals surface area contributed by atoms with Crippen LogP contribution < -0.4 is 15.5 Å². The van der Waals surface area contributed by atoms with E-state index in [1.807, 2.05) is 48.5 Å². The molecule has 0 aromatic heterocycles. The highest BCUT2D eigenvalue weighted by Gasteiger charge is 2.53. The van der Waals surface area contributed by atoms with Crippen molar-refractivity contribution in [1.29, 1.82) is 0 Å². The molecule has 8 nitrogen and oxygen atoms in total. The van der Waals surface area contributed by atoms with E-state index >= 15 is 0 Å². The molecule has 0 bridgehead atoms. The number of hydrogen-bond acceptors (Lipinski definition) is 6. The second-order valence-corrected chi connectivity index (χ2v) is 10.5. The molecule has 2 aromatic rings. The van der Waals surface area contributed by atoms with Gasteiger partial charge in [-0.05, 0) is 30.2 Å². The molecule has 2 fully saturated rings. The highest BCUT2D eigenvalue weighted by Crippen LogP contribution is 2.40. The normalized spacial score (nSPS) is 21.6. The number of benzene rings is 2. The van der Waals surface area contributed by atoms with Crippen LogP contribution in [0.25, 0.3) is 0 Å². The fraction of sp³-hybridized carbons (Fsp3) is 0.462. The first kappa shape index (κ1) is 23.9. The highest BCUT2D eigenvalue weighted by molar-refractivity contribution is 6.31. The predicted molar refractivity (Wildman–Crippen MR) is 137 cm³/mol. The molecule has 35 heavy (non-hydrogen) atoms. The first-order valence-electron chi connectivity index (χ1n) is 12.1. The lowest BCUT2D eigenvalue weighted by atomic mass is 9.73. The van der Waals surface area contributed by atoms with Crippen LogP contribution in [0.15, 0.2) is 48.5 Å². The Morgan fingerprint density at radius 2 is 1.83 bits per heavy atom. The number of halogens is 1. The minimum atomic E-state index is -0.513. The predicted octanol–water partition coefficient (Wildman–Crippen LogP) is 2.79. The molecule has 3 aliphatic rings. The molecule has 1 atom stereocenters. The van der Waals surface area contributed by atoms with Gasteiger partial charge in [-0.3, -0.25) is 4.79 Å². The van der Waals surface area contributed by atoms with Gasteiger partial charge in [-0.2, -0.15) is 0 Å². The van der Waals surface area contributed by atoms with Crippen LogP contribution in [0, 0.1) is 5.41 Å². The molecule has 186 valence electrons. The Kier molecular flexibility index (Phi) is 6.61. The Morgan fingerprint density at radius 3 is 2.57 bits per heavy atom. The Morgan fingerprint density at radius 1 is 1.09 bits per heavy atom. The fourth-order valence-corrected chi connectivity index (χ4v) is 5.56. The summed E-state index contributed by atoms with van der Waals surface area (Å²) in [7, 11) is 1.77. The van der Waals surface area contributed by atoms with Crippen LogP contribution in [0.1, 0.15) is 12.0 Å². The van der Waals surface area contributed by atoms with Gasteiger partial charge in [0, 0.05) is 63.3 Å². The van der Waals surface area contributed by atoms with Gasteiger partial charge in [-0.1, -0.05) is 41.9 Å². The second kappa shape index (κ2) is 9.68. The number of likely N-dealkylation sites (tertiary alicyclic amines) is 2. The summed E-state index contributed by atoms with van der Waals surface area (Å²) in [5.74, 6) is -0.0743. The summed E-state index contributed by atoms with van der Waals surface area (Å²) < 4.78 is 5.46. The largest absolute Gasteiger partial charge is 0.445 e. The first-order valence-corrected chi connectivity index (χ1v) is 12.5. The summed E-state index contributed by atoms with van der Waals surface area (Å²) in [6, 6.07) is 14.9. The van der Waals surface area contributed by atoms with Gasteiger partial charge in [0.25, 0.3) is 0 Å². The molecule has 0 unspecified atom stereocenters. The molecular formula is C26H32ClN5O3. The minimum absolute atomic E-state index is 0.0743. The van der Waals surface area contributed by atoms with Gasteiger partial charge in [0.15, 0.2) is 0 Å². The van der Waals surface area contributed by atoms with Gasteiger partial charge in [0.05, 0.1) is 17.4 Å². The number of carbonyl (C=O) groups excluding carboxylic acids is 2. The zero-order chi connectivity index (χ0) is 24.6.